The Morgan fingerprint density at radius 1 is 1.38 bits per heavy atom. The van der Waals surface area contributed by atoms with E-state index < -0.39 is 0 Å². The van der Waals surface area contributed by atoms with Gasteiger partial charge in [0.15, 0.2) is 0 Å². The monoisotopic (exact) mass is 309 g/mol. The molecule has 1 fully saturated rings. The topological polar surface area (TPSA) is 52.7 Å². The zero-order valence-corrected chi connectivity index (χ0v) is 13.5. The number of nitrogens with zero attached hydrogens (tertiary/aromatic N) is 2. The van der Waals surface area contributed by atoms with Crippen molar-refractivity contribution in [2.45, 2.75) is 26.8 Å². The lowest BCUT2D eigenvalue weighted by Crippen LogP contribution is -2.56. The second-order valence-corrected chi connectivity index (χ2v) is 6.01. The number of carbonyl (C=O) groups is 2. The number of hydrogen-bond donors (Lipinski definition) is 1. The van der Waals surface area contributed by atoms with Crippen molar-refractivity contribution in [3.63, 3.8) is 0 Å². The van der Waals surface area contributed by atoms with Gasteiger partial charge in [-0.3, -0.25) is 4.79 Å². The van der Waals surface area contributed by atoms with Gasteiger partial charge in [0.05, 0.1) is 10.7 Å². The third kappa shape index (κ3) is 3.29. The van der Waals surface area contributed by atoms with Crippen molar-refractivity contribution in [2.75, 3.05) is 25.5 Å². The quantitative estimate of drug-likeness (QED) is 0.867. The van der Waals surface area contributed by atoms with Crippen LogP contribution in [-0.4, -0.2) is 47.9 Å². The van der Waals surface area contributed by atoms with E-state index in [-0.39, 0.29) is 24.5 Å². The number of likely N-dealkylation sites (N-methyl/N-ethyl adjacent to an activating group) is 1. The Bertz CT molecular complexity index is 565. The normalized spacial score (nSPS) is 18.9. The predicted molar refractivity (Wildman–Crippen MR) is 83.7 cm³/mol. The van der Waals surface area contributed by atoms with Gasteiger partial charge in [-0.05, 0) is 38.0 Å². The zero-order chi connectivity index (χ0) is 15.7. The maximum absolute atomic E-state index is 12.3. The van der Waals surface area contributed by atoms with Crippen LogP contribution in [0.3, 0.4) is 0 Å². The average molecular weight is 310 g/mol. The molecular formula is C15H20ClN3O2. The molecule has 114 valence electrons. The maximum Gasteiger partial charge on any atom is 0.322 e. The summed E-state index contributed by atoms with van der Waals surface area (Å²) in [6, 6.07) is 3.48. The highest BCUT2D eigenvalue weighted by molar-refractivity contribution is 6.34. The average Bonchev–Trinajstić information content (AvgIpc) is 2.39. The lowest BCUT2D eigenvalue weighted by molar-refractivity contribution is -0.135. The summed E-state index contributed by atoms with van der Waals surface area (Å²) in [6.07, 6.45) is 0. The Kier molecular flexibility index (Phi) is 4.42. The molecule has 1 unspecified atom stereocenters. The van der Waals surface area contributed by atoms with E-state index in [0.29, 0.717) is 17.3 Å². The summed E-state index contributed by atoms with van der Waals surface area (Å²) >= 11 is 6.19. The largest absolute Gasteiger partial charge is 0.340 e. The molecule has 0 bridgehead atoms. The van der Waals surface area contributed by atoms with Crippen molar-refractivity contribution < 1.29 is 9.59 Å². The number of nitrogens with one attached hydrogen (secondary N) is 1. The fourth-order valence-electron chi connectivity index (χ4n) is 2.44. The lowest BCUT2D eigenvalue weighted by atomic mass is 10.1. The molecule has 6 heteroatoms. The Morgan fingerprint density at radius 3 is 2.62 bits per heavy atom. The maximum atomic E-state index is 12.3. The molecule has 0 spiro atoms. The SMILES string of the molecule is Cc1cc(C)c(NC(=O)N2CC(=O)N(C)C(C)C2)c(Cl)c1. The van der Waals surface area contributed by atoms with Crippen LogP contribution in [0.25, 0.3) is 0 Å². The number of hydrogen-bond acceptors (Lipinski definition) is 2. The molecule has 1 aliphatic rings. The highest BCUT2D eigenvalue weighted by atomic mass is 35.5. The molecule has 1 saturated heterocycles. The Hall–Kier alpha value is -1.75. The smallest absolute Gasteiger partial charge is 0.322 e. The number of halogens is 1. The Balaban J connectivity index is 2.14. The first-order valence-electron chi connectivity index (χ1n) is 6.88. The second kappa shape index (κ2) is 5.93. The molecule has 1 atom stereocenters. The van der Waals surface area contributed by atoms with Gasteiger partial charge in [-0.15, -0.1) is 0 Å². The molecule has 0 aromatic heterocycles. The van der Waals surface area contributed by atoms with Gasteiger partial charge in [-0.1, -0.05) is 17.7 Å². The van der Waals surface area contributed by atoms with Gasteiger partial charge >= 0.3 is 6.03 Å². The number of amides is 3. The summed E-state index contributed by atoms with van der Waals surface area (Å²) in [5.41, 5.74) is 2.55. The van der Waals surface area contributed by atoms with E-state index in [1.807, 2.05) is 32.9 Å². The van der Waals surface area contributed by atoms with E-state index in [4.69, 9.17) is 11.6 Å². The van der Waals surface area contributed by atoms with E-state index >= 15 is 0 Å². The van der Waals surface area contributed by atoms with Crippen LogP contribution < -0.4 is 5.32 Å². The fourth-order valence-corrected chi connectivity index (χ4v) is 2.81. The number of rotatable bonds is 1. The molecule has 1 aliphatic heterocycles. The van der Waals surface area contributed by atoms with Crippen molar-refractivity contribution in [1.82, 2.24) is 9.80 Å². The first kappa shape index (κ1) is 15.6. The van der Waals surface area contributed by atoms with Gasteiger partial charge in [-0.25, -0.2) is 4.79 Å². The van der Waals surface area contributed by atoms with Gasteiger partial charge in [-0.2, -0.15) is 0 Å². The van der Waals surface area contributed by atoms with Crippen LogP contribution in [0.15, 0.2) is 12.1 Å². The van der Waals surface area contributed by atoms with E-state index in [9.17, 15) is 9.59 Å². The van der Waals surface area contributed by atoms with Crippen LogP contribution in [0.2, 0.25) is 5.02 Å². The fraction of sp³-hybridized carbons (Fsp3) is 0.467. The van der Waals surface area contributed by atoms with Crippen LogP contribution >= 0.6 is 11.6 Å². The first-order chi connectivity index (χ1) is 9.79. The van der Waals surface area contributed by atoms with Crippen LogP contribution in [0.5, 0.6) is 0 Å². The summed E-state index contributed by atoms with van der Waals surface area (Å²) in [7, 11) is 1.75. The molecule has 2 rings (SSSR count). The second-order valence-electron chi connectivity index (χ2n) is 5.60. The molecule has 5 nitrogen and oxygen atoms in total. The Morgan fingerprint density at radius 2 is 2.05 bits per heavy atom. The van der Waals surface area contributed by atoms with Crippen molar-refractivity contribution in [3.05, 3.63) is 28.3 Å². The molecule has 1 heterocycles. The predicted octanol–water partition coefficient (Wildman–Crippen LogP) is 2.65. The third-order valence-electron chi connectivity index (χ3n) is 3.82. The third-order valence-corrected chi connectivity index (χ3v) is 4.11. The minimum absolute atomic E-state index is 0.00610. The molecule has 21 heavy (non-hydrogen) atoms. The van der Waals surface area contributed by atoms with Gasteiger partial charge in [0.1, 0.15) is 6.54 Å². The van der Waals surface area contributed by atoms with Crippen LogP contribution in [-0.2, 0) is 4.79 Å². The van der Waals surface area contributed by atoms with Crippen molar-refractivity contribution in [3.8, 4) is 0 Å². The summed E-state index contributed by atoms with van der Waals surface area (Å²) < 4.78 is 0. The van der Waals surface area contributed by atoms with Crippen LogP contribution in [0.1, 0.15) is 18.1 Å². The first-order valence-corrected chi connectivity index (χ1v) is 7.25. The highest BCUT2D eigenvalue weighted by Crippen LogP contribution is 2.27. The van der Waals surface area contributed by atoms with Gasteiger partial charge in [0.25, 0.3) is 0 Å². The minimum Gasteiger partial charge on any atom is -0.340 e. The molecule has 1 N–H and O–H groups in total. The molecule has 0 radical (unpaired) electrons. The summed E-state index contributed by atoms with van der Waals surface area (Å²) in [6.45, 7) is 6.37. The van der Waals surface area contributed by atoms with Gasteiger partial charge < -0.3 is 15.1 Å². The van der Waals surface area contributed by atoms with Gasteiger partial charge in [0, 0.05) is 19.6 Å². The Labute approximate surface area is 129 Å². The lowest BCUT2D eigenvalue weighted by Gasteiger charge is -2.37. The van der Waals surface area contributed by atoms with E-state index in [1.165, 1.54) is 4.90 Å². The minimum atomic E-state index is -0.294. The van der Waals surface area contributed by atoms with Crippen LogP contribution in [0, 0.1) is 13.8 Å². The number of benzene rings is 1. The number of carbonyl (C=O) groups excluding carboxylic acids is 2. The molecular weight excluding hydrogens is 290 g/mol. The van der Waals surface area contributed by atoms with Crippen molar-refractivity contribution in [1.29, 1.82) is 0 Å². The van der Waals surface area contributed by atoms with Crippen molar-refractivity contribution >= 4 is 29.2 Å². The van der Waals surface area contributed by atoms with Crippen LogP contribution in [0.4, 0.5) is 10.5 Å². The van der Waals surface area contributed by atoms with E-state index in [1.54, 1.807) is 11.9 Å². The summed E-state index contributed by atoms with van der Waals surface area (Å²) in [5, 5.41) is 3.32. The van der Waals surface area contributed by atoms with E-state index in [2.05, 4.69) is 5.32 Å². The molecule has 0 aliphatic carbocycles. The number of urea groups is 1. The molecule has 3 amide bonds. The van der Waals surface area contributed by atoms with Crippen molar-refractivity contribution in [2.24, 2.45) is 0 Å². The molecule has 0 saturated carbocycles. The summed E-state index contributed by atoms with van der Waals surface area (Å²) in [4.78, 5) is 27.3. The summed E-state index contributed by atoms with van der Waals surface area (Å²) in [5.74, 6) is -0.0596. The standard InChI is InChI=1S/C15H20ClN3O2/c1-9-5-10(2)14(12(16)6-9)17-15(21)19-7-11(3)18(4)13(20)8-19/h5-6,11H,7-8H2,1-4H3,(H,17,21). The number of anilines is 1. The molecule has 1 aromatic rings. The van der Waals surface area contributed by atoms with E-state index in [0.717, 1.165) is 11.1 Å². The number of aryl methyl sites for hydroxylation is 2. The number of piperazine rings is 1. The zero-order valence-electron chi connectivity index (χ0n) is 12.7. The highest BCUT2D eigenvalue weighted by Gasteiger charge is 2.30. The molecule has 1 aromatic carbocycles. The van der Waals surface area contributed by atoms with Gasteiger partial charge in [0.2, 0.25) is 5.91 Å².